The van der Waals surface area contributed by atoms with Crippen molar-refractivity contribution in [2.45, 2.75) is 6.42 Å². The van der Waals surface area contributed by atoms with Gasteiger partial charge in [-0.05, 0) is 17.8 Å². The molecule has 5 heteroatoms. The molecule has 0 aliphatic rings. The summed E-state index contributed by atoms with van der Waals surface area (Å²) < 4.78 is 0.119. The Kier molecular flexibility index (Phi) is 3.74. The summed E-state index contributed by atoms with van der Waals surface area (Å²) in [4.78, 5) is 16.5. The molecule has 1 heterocycles. The van der Waals surface area contributed by atoms with E-state index in [9.17, 15) is 9.90 Å². The summed E-state index contributed by atoms with van der Waals surface area (Å²) in [5.41, 5.74) is 0.946. The third kappa shape index (κ3) is 2.95. The number of aromatic amines is 2. The maximum atomic E-state index is 11.6. The van der Waals surface area contributed by atoms with Crippen molar-refractivity contribution in [1.82, 2.24) is 9.97 Å². The molecule has 2 aromatic rings. The summed E-state index contributed by atoms with van der Waals surface area (Å²) in [7, 11) is 0. The lowest BCUT2D eigenvalue weighted by molar-refractivity contribution is 0.443. The van der Waals surface area contributed by atoms with Crippen LogP contribution in [0.15, 0.2) is 41.2 Å². The molecule has 1 aromatic heterocycles. The highest BCUT2D eigenvalue weighted by Gasteiger charge is 2.04. The minimum absolute atomic E-state index is 0.119. The largest absolute Gasteiger partial charge is 0.494 e. The van der Waals surface area contributed by atoms with Crippen LogP contribution in [0.3, 0.4) is 0 Å². The number of benzene rings is 1. The smallest absolute Gasteiger partial charge is 0.259 e. The van der Waals surface area contributed by atoms with E-state index in [4.69, 9.17) is 12.2 Å². The average Bonchev–Trinajstić information content (AvgIpc) is 2.34. The molecule has 4 nitrogen and oxygen atoms in total. The molecule has 1 aromatic carbocycles. The zero-order valence-corrected chi connectivity index (χ0v) is 10.3. The van der Waals surface area contributed by atoms with Gasteiger partial charge in [0.2, 0.25) is 0 Å². The van der Waals surface area contributed by atoms with Gasteiger partial charge in [-0.1, -0.05) is 42.5 Å². The first-order chi connectivity index (χ1) is 8.66. The van der Waals surface area contributed by atoms with Gasteiger partial charge in [0, 0.05) is 6.42 Å². The van der Waals surface area contributed by atoms with Gasteiger partial charge >= 0.3 is 0 Å². The number of allylic oxidation sites excluding steroid dienone is 1. The summed E-state index contributed by atoms with van der Waals surface area (Å²) >= 11 is 4.75. The van der Waals surface area contributed by atoms with Crippen molar-refractivity contribution in [3.63, 3.8) is 0 Å². The predicted octanol–water partition coefficient (Wildman–Crippen LogP) is 2.39. The molecule has 0 unspecified atom stereocenters. The molecule has 0 radical (unpaired) electrons. The first kappa shape index (κ1) is 12.3. The van der Waals surface area contributed by atoms with E-state index < -0.39 is 0 Å². The van der Waals surface area contributed by atoms with Crippen LogP contribution in [0.1, 0.15) is 11.1 Å². The summed E-state index contributed by atoms with van der Waals surface area (Å²) in [5, 5.41) is 9.59. The van der Waals surface area contributed by atoms with Gasteiger partial charge in [0.15, 0.2) is 10.7 Å². The van der Waals surface area contributed by atoms with E-state index in [2.05, 4.69) is 9.97 Å². The van der Waals surface area contributed by atoms with Crippen LogP contribution in [0.2, 0.25) is 0 Å². The van der Waals surface area contributed by atoms with Crippen molar-refractivity contribution >= 4 is 18.3 Å². The van der Waals surface area contributed by atoms with Gasteiger partial charge < -0.3 is 10.1 Å². The second-order valence-electron chi connectivity index (χ2n) is 3.75. The van der Waals surface area contributed by atoms with Crippen molar-refractivity contribution in [3.8, 4) is 5.88 Å². The minimum atomic E-state index is -0.367. The van der Waals surface area contributed by atoms with E-state index in [0.717, 1.165) is 5.56 Å². The van der Waals surface area contributed by atoms with E-state index in [1.54, 1.807) is 0 Å². The second-order valence-corrected chi connectivity index (χ2v) is 4.16. The second kappa shape index (κ2) is 5.46. The topological polar surface area (TPSA) is 68.9 Å². The van der Waals surface area contributed by atoms with Crippen LogP contribution in [-0.2, 0) is 6.42 Å². The maximum absolute atomic E-state index is 11.6. The summed E-state index contributed by atoms with van der Waals surface area (Å²) in [6.07, 6.45) is 4.04. The van der Waals surface area contributed by atoms with Gasteiger partial charge in [-0.15, -0.1) is 0 Å². The van der Waals surface area contributed by atoms with Crippen LogP contribution in [0.4, 0.5) is 0 Å². The number of aromatic hydroxyl groups is 1. The van der Waals surface area contributed by atoms with Gasteiger partial charge in [0.05, 0.1) is 5.56 Å². The lowest BCUT2D eigenvalue weighted by Gasteiger charge is -1.99. The molecule has 18 heavy (non-hydrogen) atoms. The highest BCUT2D eigenvalue weighted by atomic mass is 32.1. The SMILES string of the molecule is O=c1[nH]c(=S)[nH]c(O)c1CC=Cc1ccccc1. The van der Waals surface area contributed by atoms with E-state index in [0.29, 0.717) is 6.42 Å². The van der Waals surface area contributed by atoms with Crippen molar-refractivity contribution in [3.05, 3.63) is 62.7 Å². The summed E-state index contributed by atoms with van der Waals surface area (Å²) in [6, 6.07) is 9.72. The monoisotopic (exact) mass is 260 g/mol. The Morgan fingerprint density at radius 3 is 2.61 bits per heavy atom. The van der Waals surface area contributed by atoms with Crippen LogP contribution in [0.25, 0.3) is 6.08 Å². The first-order valence-electron chi connectivity index (χ1n) is 5.43. The lowest BCUT2D eigenvalue weighted by atomic mass is 10.1. The number of aromatic nitrogens is 2. The number of nitrogens with one attached hydrogen (secondary N) is 2. The Balaban J connectivity index is 2.19. The molecule has 0 aliphatic heterocycles. The zero-order valence-electron chi connectivity index (χ0n) is 9.51. The Labute approximate surface area is 109 Å². The number of hydrogen-bond acceptors (Lipinski definition) is 3. The fourth-order valence-electron chi connectivity index (χ4n) is 1.57. The van der Waals surface area contributed by atoms with Crippen LogP contribution >= 0.6 is 12.2 Å². The van der Waals surface area contributed by atoms with Crippen molar-refractivity contribution in [2.24, 2.45) is 0 Å². The molecule has 0 atom stereocenters. The maximum Gasteiger partial charge on any atom is 0.259 e. The summed E-state index contributed by atoms with van der Waals surface area (Å²) in [5.74, 6) is -0.179. The standard InChI is InChI=1S/C13H12N2O2S/c16-11-10(12(17)15-13(18)14-11)8-4-7-9-5-2-1-3-6-9/h1-7H,8H2,(H3,14,15,16,17,18). The van der Waals surface area contributed by atoms with E-state index in [-0.39, 0.29) is 21.8 Å². The molecule has 0 saturated heterocycles. The molecule has 92 valence electrons. The first-order valence-corrected chi connectivity index (χ1v) is 5.83. The third-order valence-electron chi connectivity index (χ3n) is 2.45. The van der Waals surface area contributed by atoms with Crippen LogP contribution < -0.4 is 5.56 Å². The van der Waals surface area contributed by atoms with Gasteiger partial charge in [0.25, 0.3) is 5.56 Å². The van der Waals surface area contributed by atoms with E-state index >= 15 is 0 Å². The average molecular weight is 260 g/mol. The fourth-order valence-corrected chi connectivity index (χ4v) is 1.76. The van der Waals surface area contributed by atoms with Gasteiger partial charge in [-0.2, -0.15) is 0 Å². The molecular formula is C13H12N2O2S. The van der Waals surface area contributed by atoms with Crippen molar-refractivity contribution in [1.29, 1.82) is 0 Å². The van der Waals surface area contributed by atoms with E-state index in [1.807, 2.05) is 42.5 Å². The lowest BCUT2D eigenvalue weighted by Crippen LogP contribution is -2.13. The predicted molar refractivity (Wildman–Crippen MR) is 73.1 cm³/mol. The number of rotatable bonds is 3. The Bertz CT molecular complexity index is 671. The molecule has 0 fully saturated rings. The summed E-state index contributed by atoms with van der Waals surface area (Å²) in [6.45, 7) is 0. The van der Waals surface area contributed by atoms with Crippen LogP contribution in [0.5, 0.6) is 5.88 Å². The molecule has 3 N–H and O–H groups in total. The molecule has 0 bridgehead atoms. The highest BCUT2D eigenvalue weighted by molar-refractivity contribution is 7.71. The quantitative estimate of drug-likeness (QED) is 0.742. The Hall–Kier alpha value is -2.14. The van der Waals surface area contributed by atoms with Crippen LogP contribution in [-0.4, -0.2) is 15.1 Å². The molecular weight excluding hydrogens is 248 g/mol. The zero-order chi connectivity index (χ0) is 13.0. The molecule has 0 aliphatic carbocycles. The fraction of sp³-hybridized carbons (Fsp3) is 0.0769. The molecule has 0 amide bonds. The van der Waals surface area contributed by atoms with Crippen molar-refractivity contribution in [2.75, 3.05) is 0 Å². The molecule has 0 saturated carbocycles. The molecule has 0 spiro atoms. The van der Waals surface area contributed by atoms with E-state index in [1.165, 1.54) is 0 Å². The van der Waals surface area contributed by atoms with Gasteiger partial charge in [0.1, 0.15) is 0 Å². The Morgan fingerprint density at radius 2 is 1.94 bits per heavy atom. The third-order valence-corrected chi connectivity index (χ3v) is 2.65. The highest BCUT2D eigenvalue weighted by Crippen LogP contribution is 2.09. The van der Waals surface area contributed by atoms with Crippen molar-refractivity contribution < 1.29 is 5.11 Å². The Morgan fingerprint density at radius 1 is 1.22 bits per heavy atom. The van der Waals surface area contributed by atoms with Gasteiger partial charge in [-0.3, -0.25) is 9.78 Å². The number of hydrogen-bond donors (Lipinski definition) is 3. The van der Waals surface area contributed by atoms with Crippen LogP contribution in [0, 0.1) is 4.77 Å². The molecule has 2 rings (SSSR count). The number of H-pyrrole nitrogens is 2. The van der Waals surface area contributed by atoms with Gasteiger partial charge in [-0.25, -0.2) is 0 Å². The normalized spacial score (nSPS) is 10.9. The minimum Gasteiger partial charge on any atom is -0.494 e.